The molecule has 0 aliphatic carbocycles. The minimum absolute atomic E-state index is 0.0512. The fraction of sp³-hybridized carbons (Fsp3) is 0.120. The summed E-state index contributed by atoms with van der Waals surface area (Å²) in [5.41, 5.74) is 1.89. The van der Waals surface area contributed by atoms with E-state index in [0.29, 0.717) is 23.7 Å². The maximum atomic E-state index is 13.3. The number of halogens is 2. The van der Waals surface area contributed by atoms with Crippen molar-refractivity contribution in [3.63, 3.8) is 0 Å². The molecule has 0 radical (unpaired) electrons. The molecule has 6 nitrogen and oxygen atoms in total. The average molecular weight is 449 g/mol. The van der Waals surface area contributed by atoms with Crippen molar-refractivity contribution in [3.8, 4) is 17.2 Å². The Kier molecular flexibility index (Phi) is 6.64. The van der Waals surface area contributed by atoms with E-state index in [2.05, 4.69) is 10.4 Å². The third-order valence-electron chi connectivity index (χ3n) is 4.72. The van der Waals surface area contributed by atoms with Gasteiger partial charge in [-0.1, -0.05) is 12.1 Å². The van der Waals surface area contributed by atoms with Crippen LogP contribution in [0.2, 0.25) is 0 Å². The van der Waals surface area contributed by atoms with Crippen LogP contribution in [0.5, 0.6) is 11.5 Å². The van der Waals surface area contributed by atoms with E-state index < -0.39 is 5.91 Å². The Morgan fingerprint density at radius 2 is 1.55 bits per heavy atom. The fourth-order valence-corrected chi connectivity index (χ4v) is 3.08. The second-order valence-electron chi connectivity index (χ2n) is 7.09. The highest BCUT2D eigenvalue weighted by molar-refractivity contribution is 6.04. The number of hydrogen-bond acceptors (Lipinski definition) is 4. The lowest BCUT2D eigenvalue weighted by Crippen LogP contribution is -2.14. The molecule has 0 saturated carbocycles. The lowest BCUT2D eigenvalue weighted by molar-refractivity contribution is 0.101. The molecule has 1 N–H and O–H groups in total. The summed E-state index contributed by atoms with van der Waals surface area (Å²) in [4.78, 5) is 13.0. The van der Waals surface area contributed by atoms with Crippen LogP contribution in [-0.2, 0) is 6.61 Å². The molecule has 1 aromatic heterocycles. The highest BCUT2D eigenvalue weighted by atomic mass is 19.1. The van der Waals surface area contributed by atoms with E-state index in [1.807, 2.05) is 6.92 Å². The van der Waals surface area contributed by atoms with Crippen LogP contribution in [0.4, 0.5) is 14.5 Å². The molecule has 0 spiro atoms. The van der Waals surface area contributed by atoms with Gasteiger partial charge in [-0.25, -0.2) is 13.5 Å². The number of nitrogens with one attached hydrogen (secondary N) is 1. The number of anilines is 1. The number of amides is 1. The summed E-state index contributed by atoms with van der Waals surface area (Å²) in [6.07, 6.45) is 1.55. The van der Waals surface area contributed by atoms with E-state index in [4.69, 9.17) is 9.47 Å². The van der Waals surface area contributed by atoms with Gasteiger partial charge in [0.15, 0.2) is 11.4 Å². The lowest BCUT2D eigenvalue weighted by Gasteiger charge is -2.08. The zero-order chi connectivity index (χ0) is 23.2. The first-order valence-electron chi connectivity index (χ1n) is 10.3. The standard InChI is InChI=1S/C25H21F2N3O3/c1-2-32-22-13-9-20(10-14-22)28-25(31)24-23(33-16-17-3-5-18(26)6-4-17)15-30(29-24)21-11-7-19(27)8-12-21/h3-15H,2,16H2,1H3,(H,28,31). The van der Waals surface area contributed by atoms with Crippen molar-refractivity contribution in [1.82, 2.24) is 9.78 Å². The van der Waals surface area contributed by atoms with Crippen LogP contribution in [0.3, 0.4) is 0 Å². The number of rotatable bonds is 8. The topological polar surface area (TPSA) is 65.4 Å². The van der Waals surface area contributed by atoms with Gasteiger partial charge in [0.1, 0.15) is 24.0 Å². The second kappa shape index (κ2) is 9.95. The van der Waals surface area contributed by atoms with Gasteiger partial charge in [-0.15, -0.1) is 0 Å². The first kappa shape index (κ1) is 22.0. The number of benzene rings is 3. The molecule has 4 rings (SSSR count). The van der Waals surface area contributed by atoms with Crippen LogP contribution < -0.4 is 14.8 Å². The molecule has 0 unspecified atom stereocenters. The van der Waals surface area contributed by atoms with E-state index in [1.165, 1.54) is 28.9 Å². The van der Waals surface area contributed by atoms with Gasteiger partial charge in [0.25, 0.3) is 5.91 Å². The maximum absolute atomic E-state index is 13.3. The molecule has 1 amide bonds. The van der Waals surface area contributed by atoms with Crippen LogP contribution >= 0.6 is 0 Å². The molecule has 8 heteroatoms. The molecule has 0 fully saturated rings. The zero-order valence-corrected chi connectivity index (χ0v) is 17.8. The molecule has 0 bridgehead atoms. The Bertz CT molecular complexity index is 1220. The summed E-state index contributed by atoms with van der Waals surface area (Å²) in [6, 6.07) is 18.5. The molecule has 168 valence electrons. The van der Waals surface area contributed by atoms with E-state index in [-0.39, 0.29) is 29.7 Å². The highest BCUT2D eigenvalue weighted by Crippen LogP contribution is 2.24. The molecule has 33 heavy (non-hydrogen) atoms. The number of hydrogen-bond donors (Lipinski definition) is 1. The van der Waals surface area contributed by atoms with Crippen LogP contribution in [0, 0.1) is 11.6 Å². The Balaban J connectivity index is 1.58. The predicted octanol–water partition coefficient (Wildman–Crippen LogP) is 5.38. The first-order chi connectivity index (χ1) is 16.0. The maximum Gasteiger partial charge on any atom is 0.280 e. The van der Waals surface area contributed by atoms with Crippen molar-refractivity contribution in [2.75, 3.05) is 11.9 Å². The Labute approximate surface area is 189 Å². The summed E-state index contributed by atoms with van der Waals surface area (Å²) in [5.74, 6) is -0.286. The van der Waals surface area contributed by atoms with Gasteiger partial charge in [-0.05, 0) is 73.2 Å². The van der Waals surface area contributed by atoms with Crippen molar-refractivity contribution in [2.45, 2.75) is 13.5 Å². The third kappa shape index (κ3) is 5.54. The summed E-state index contributed by atoms with van der Waals surface area (Å²) >= 11 is 0. The number of nitrogens with zero attached hydrogens (tertiary/aromatic N) is 2. The molecule has 1 heterocycles. The minimum atomic E-state index is -0.478. The highest BCUT2D eigenvalue weighted by Gasteiger charge is 2.20. The van der Waals surface area contributed by atoms with E-state index in [0.717, 1.165) is 5.56 Å². The first-order valence-corrected chi connectivity index (χ1v) is 10.3. The van der Waals surface area contributed by atoms with Crippen LogP contribution in [0.25, 0.3) is 5.69 Å². The predicted molar refractivity (Wildman–Crippen MR) is 120 cm³/mol. The summed E-state index contributed by atoms with van der Waals surface area (Å²) in [5, 5.41) is 7.14. The van der Waals surface area contributed by atoms with Crippen molar-refractivity contribution >= 4 is 11.6 Å². The minimum Gasteiger partial charge on any atom is -0.494 e. The molecule has 0 saturated heterocycles. The number of carbonyl (C=O) groups is 1. The van der Waals surface area contributed by atoms with Gasteiger partial charge in [0.05, 0.1) is 18.5 Å². The van der Waals surface area contributed by atoms with Gasteiger partial charge in [-0.2, -0.15) is 5.10 Å². The van der Waals surface area contributed by atoms with Gasteiger partial charge in [0.2, 0.25) is 0 Å². The molecule has 0 aliphatic heterocycles. The Morgan fingerprint density at radius 3 is 2.18 bits per heavy atom. The normalized spacial score (nSPS) is 10.6. The number of ether oxygens (including phenoxy) is 2. The largest absolute Gasteiger partial charge is 0.494 e. The van der Waals surface area contributed by atoms with Crippen LogP contribution in [0.15, 0.2) is 79.0 Å². The van der Waals surface area contributed by atoms with Crippen molar-refractivity contribution < 1.29 is 23.0 Å². The quantitative estimate of drug-likeness (QED) is 0.392. The third-order valence-corrected chi connectivity index (χ3v) is 4.72. The molecule has 4 aromatic rings. The van der Waals surface area contributed by atoms with Gasteiger partial charge < -0.3 is 14.8 Å². The molecule has 0 atom stereocenters. The second-order valence-corrected chi connectivity index (χ2v) is 7.09. The van der Waals surface area contributed by atoms with Crippen LogP contribution in [0.1, 0.15) is 23.0 Å². The molecular formula is C25H21F2N3O3. The lowest BCUT2D eigenvalue weighted by atomic mass is 10.2. The van der Waals surface area contributed by atoms with Crippen molar-refractivity contribution in [2.24, 2.45) is 0 Å². The molecule has 0 aliphatic rings. The van der Waals surface area contributed by atoms with E-state index >= 15 is 0 Å². The summed E-state index contributed by atoms with van der Waals surface area (Å²) in [7, 11) is 0. The van der Waals surface area contributed by atoms with Crippen LogP contribution in [-0.4, -0.2) is 22.3 Å². The summed E-state index contributed by atoms with van der Waals surface area (Å²) in [6.45, 7) is 2.54. The Morgan fingerprint density at radius 1 is 0.909 bits per heavy atom. The van der Waals surface area contributed by atoms with Gasteiger partial charge in [0, 0.05) is 5.69 Å². The number of carbonyl (C=O) groups excluding carboxylic acids is 1. The van der Waals surface area contributed by atoms with Crippen molar-refractivity contribution in [1.29, 1.82) is 0 Å². The monoisotopic (exact) mass is 449 g/mol. The zero-order valence-electron chi connectivity index (χ0n) is 17.8. The molecular weight excluding hydrogens is 428 g/mol. The van der Waals surface area contributed by atoms with Gasteiger partial charge >= 0.3 is 0 Å². The molecule has 3 aromatic carbocycles. The average Bonchev–Trinajstić information content (AvgIpc) is 3.25. The van der Waals surface area contributed by atoms with E-state index in [1.54, 1.807) is 54.7 Å². The fourth-order valence-electron chi connectivity index (χ4n) is 3.08. The van der Waals surface area contributed by atoms with E-state index in [9.17, 15) is 13.6 Å². The number of aromatic nitrogens is 2. The summed E-state index contributed by atoms with van der Waals surface area (Å²) < 4.78 is 39.2. The Hall–Kier alpha value is -4.20. The SMILES string of the molecule is CCOc1ccc(NC(=O)c2nn(-c3ccc(F)cc3)cc2OCc2ccc(F)cc2)cc1. The van der Waals surface area contributed by atoms with Crippen molar-refractivity contribution in [3.05, 3.63) is 102 Å². The smallest absolute Gasteiger partial charge is 0.280 e. The van der Waals surface area contributed by atoms with Gasteiger partial charge in [-0.3, -0.25) is 4.79 Å².